The molecular formula is C11H21NO2. The van der Waals surface area contributed by atoms with Crippen LogP contribution in [0.2, 0.25) is 0 Å². The van der Waals surface area contributed by atoms with Crippen molar-refractivity contribution in [2.45, 2.75) is 44.9 Å². The van der Waals surface area contributed by atoms with Crippen molar-refractivity contribution in [3.63, 3.8) is 0 Å². The molecule has 82 valence electrons. The Labute approximate surface area is 86.0 Å². The van der Waals surface area contributed by atoms with Crippen LogP contribution in [0.25, 0.3) is 0 Å². The lowest BCUT2D eigenvalue weighted by Gasteiger charge is -2.38. The third kappa shape index (κ3) is 2.27. The van der Waals surface area contributed by atoms with E-state index in [1.54, 1.807) is 0 Å². The fraction of sp³-hybridized carbons (Fsp3) is 1.00. The van der Waals surface area contributed by atoms with Crippen LogP contribution in [0, 0.1) is 5.92 Å². The molecule has 1 aliphatic carbocycles. The minimum absolute atomic E-state index is 0.109. The number of β-amino-alcohol motifs (C(OH)–C–C–N with tert-alkyl or cyclic N) is 1. The highest BCUT2D eigenvalue weighted by molar-refractivity contribution is 4.86. The molecule has 0 bridgehead atoms. The summed E-state index contributed by atoms with van der Waals surface area (Å²) in [4.78, 5) is 2.36. The Bertz CT molecular complexity index is 194. The standard InChI is InChI=1S/C11H21NO2/c1-8-9(2)14-6-5-12(8)7-11(13)10-3-4-10/h8-11,13H,3-7H2,1-2H3. The van der Waals surface area contributed by atoms with Gasteiger partial charge in [-0.15, -0.1) is 0 Å². The number of morpholine rings is 1. The van der Waals surface area contributed by atoms with Crippen LogP contribution in [0.3, 0.4) is 0 Å². The minimum atomic E-state index is -0.109. The topological polar surface area (TPSA) is 32.7 Å². The molecule has 0 aromatic carbocycles. The summed E-state index contributed by atoms with van der Waals surface area (Å²) in [5, 5.41) is 9.86. The van der Waals surface area contributed by atoms with E-state index in [9.17, 15) is 5.11 Å². The van der Waals surface area contributed by atoms with Crippen LogP contribution in [0.4, 0.5) is 0 Å². The van der Waals surface area contributed by atoms with Crippen molar-refractivity contribution in [2.75, 3.05) is 19.7 Å². The summed E-state index contributed by atoms with van der Waals surface area (Å²) in [6.45, 7) is 6.90. The van der Waals surface area contributed by atoms with Gasteiger partial charge in [0.15, 0.2) is 0 Å². The second kappa shape index (κ2) is 4.17. The Kier molecular flexibility index (Phi) is 3.10. The Morgan fingerprint density at radius 3 is 2.79 bits per heavy atom. The van der Waals surface area contributed by atoms with Gasteiger partial charge in [-0.2, -0.15) is 0 Å². The van der Waals surface area contributed by atoms with Gasteiger partial charge in [-0.3, -0.25) is 4.90 Å². The molecule has 2 aliphatic rings. The monoisotopic (exact) mass is 199 g/mol. The number of hydrogen-bond acceptors (Lipinski definition) is 3. The molecule has 3 atom stereocenters. The van der Waals surface area contributed by atoms with Crippen LogP contribution in [0.1, 0.15) is 26.7 Å². The first kappa shape index (κ1) is 10.4. The highest BCUT2D eigenvalue weighted by Gasteiger charge is 2.33. The fourth-order valence-electron chi connectivity index (χ4n) is 2.12. The largest absolute Gasteiger partial charge is 0.392 e. The SMILES string of the molecule is CC1OCCN(CC(O)C2CC2)C1C. The van der Waals surface area contributed by atoms with E-state index in [0.29, 0.717) is 18.1 Å². The molecule has 3 heteroatoms. The minimum Gasteiger partial charge on any atom is -0.392 e. The van der Waals surface area contributed by atoms with Crippen molar-refractivity contribution >= 4 is 0 Å². The molecule has 3 unspecified atom stereocenters. The Balaban J connectivity index is 1.82. The first-order valence-electron chi connectivity index (χ1n) is 5.72. The number of rotatable bonds is 3. The lowest BCUT2D eigenvalue weighted by molar-refractivity contribution is -0.0687. The Morgan fingerprint density at radius 2 is 2.14 bits per heavy atom. The molecule has 0 amide bonds. The fourth-order valence-corrected chi connectivity index (χ4v) is 2.12. The van der Waals surface area contributed by atoms with E-state index >= 15 is 0 Å². The van der Waals surface area contributed by atoms with E-state index < -0.39 is 0 Å². The zero-order chi connectivity index (χ0) is 10.1. The van der Waals surface area contributed by atoms with Crippen LogP contribution < -0.4 is 0 Å². The van der Waals surface area contributed by atoms with Crippen molar-refractivity contribution in [1.82, 2.24) is 4.90 Å². The molecule has 0 aromatic rings. The maximum absolute atomic E-state index is 9.86. The molecule has 0 spiro atoms. The van der Waals surface area contributed by atoms with Crippen molar-refractivity contribution in [2.24, 2.45) is 5.92 Å². The predicted molar refractivity (Wildman–Crippen MR) is 55.2 cm³/mol. The number of ether oxygens (including phenoxy) is 1. The Hall–Kier alpha value is -0.120. The van der Waals surface area contributed by atoms with E-state index in [0.717, 1.165) is 19.7 Å². The third-order valence-corrected chi connectivity index (χ3v) is 3.60. The van der Waals surface area contributed by atoms with Gasteiger partial charge in [-0.1, -0.05) is 0 Å². The van der Waals surface area contributed by atoms with Crippen molar-refractivity contribution in [3.8, 4) is 0 Å². The van der Waals surface area contributed by atoms with E-state index in [1.807, 2.05) is 0 Å². The molecule has 1 heterocycles. The van der Waals surface area contributed by atoms with Crippen molar-refractivity contribution in [1.29, 1.82) is 0 Å². The summed E-state index contributed by atoms with van der Waals surface area (Å²) in [6.07, 6.45) is 2.63. The molecule has 1 aliphatic heterocycles. The summed E-state index contributed by atoms with van der Waals surface area (Å²) in [7, 11) is 0. The third-order valence-electron chi connectivity index (χ3n) is 3.60. The predicted octanol–water partition coefficient (Wildman–Crippen LogP) is 0.866. The lowest BCUT2D eigenvalue weighted by atomic mass is 10.1. The average Bonchev–Trinajstić information content (AvgIpc) is 2.95. The van der Waals surface area contributed by atoms with Gasteiger partial charge >= 0.3 is 0 Å². The van der Waals surface area contributed by atoms with Crippen LogP contribution in [-0.4, -0.2) is 48.0 Å². The van der Waals surface area contributed by atoms with Gasteiger partial charge in [0, 0.05) is 19.1 Å². The molecule has 1 saturated carbocycles. The van der Waals surface area contributed by atoms with Crippen LogP contribution in [0.15, 0.2) is 0 Å². The molecule has 2 fully saturated rings. The molecule has 14 heavy (non-hydrogen) atoms. The maximum Gasteiger partial charge on any atom is 0.0700 e. The van der Waals surface area contributed by atoms with Crippen LogP contribution in [-0.2, 0) is 4.74 Å². The Morgan fingerprint density at radius 1 is 1.43 bits per heavy atom. The van der Waals surface area contributed by atoms with Gasteiger partial charge in [0.2, 0.25) is 0 Å². The molecule has 1 N–H and O–H groups in total. The van der Waals surface area contributed by atoms with Crippen LogP contribution in [0.5, 0.6) is 0 Å². The molecular weight excluding hydrogens is 178 g/mol. The smallest absolute Gasteiger partial charge is 0.0700 e. The second-order valence-electron chi connectivity index (χ2n) is 4.72. The molecule has 0 radical (unpaired) electrons. The first-order chi connectivity index (χ1) is 6.68. The summed E-state index contributed by atoms with van der Waals surface area (Å²) >= 11 is 0. The second-order valence-corrected chi connectivity index (χ2v) is 4.72. The highest BCUT2D eigenvalue weighted by Crippen LogP contribution is 2.33. The van der Waals surface area contributed by atoms with Gasteiger partial charge in [0.1, 0.15) is 0 Å². The number of nitrogens with zero attached hydrogens (tertiary/aromatic N) is 1. The molecule has 1 saturated heterocycles. The number of aliphatic hydroxyl groups is 1. The van der Waals surface area contributed by atoms with Gasteiger partial charge in [-0.05, 0) is 32.6 Å². The van der Waals surface area contributed by atoms with Crippen molar-refractivity contribution < 1.29 is 9.84 Å². The van der Waals surface area contributed by atoms with E-state index in [-0.39, 0.29) is 6.10 Å². The summed E-state index contributed by atoms with van der Waals surface area (Å²) in [6, 6.07) is 0.442. The first-order valence-corrected chi connectivity index (χ1v) is 5.72. The molecule has 0 aromatic heterocycles. The number of aliphatic hydroxyl groups excluding tert-OH is 1. The quantitative estimate of drug-likeness (QED) is 0.732. The van der Waals surface area contributed by atoms with Crippen LogP contribution >= 0.6 is 0 Å². The molecule has 3 nitrogen and oxygen atoms in total. The number of hydrogen-bond donors (Lipinski definition) is 1. The summed E-state index contributed by atoms with van der Waals surface area (Å²) in [5.41, 5.74) is 0. The van der Waals surface area contributed by atoms with Crippen molar-refractivity contribution in [3.05, 3.63) is 0 Å². The van der Waals surface area contributed by atoms with Gasteiger partial charge in [0.25, 0.3) is 0 Å². The van der Waals surface area contributed by atoms with Gasteiger partial charge in [-0.25, -0.2) is 0 Å². The maximum atomic E-state index is 9.86. The zero-order valence-corrected chi connectivity index (χ0v) is 9.15. The van der Waals surface area contributed by atoms with Gasteiger partial charge < -0.3 is 9.84 Å². The van der Waals surface area contributed by atoms with Gasteiger partial charge in [0.05, 0.1) is 18.8 Å². The van der Waals surface area contributed by atoms with E-state index in [2.05, 4.69) is 18.7 Å². The van der Waals surface area contributed by atoms with E-state index in [1.165, 1.54) is 12.8 Å². The summed E-state index contributed by atoms with van der Waals surface area (Å²) in [5.74, 6) is 0.584. The summed E-state index contributed by atoms with van der Waals surface area (Å²) < 4.78 is 5.55. The highest BCUT2D eigenvalue weighted by atomic mass is 16.5. The zero-order valence-electron chi connectivity index (χ0n) is 9.15. The lowest BCUT2D eigenvalue weighted by Crippen LogP contribution is -2.51. The molecule has 2 rings (SSSR count). The normalized spacial score (nSPS) is 37.1. The van der Waals surface area contributed by atoms with E-state index in [4.69, 9.17) is 4.74 Å². The average molecular weight is 199 g/mol.